The number of rotatable bonds is 5. The van der Waals surface area contributed by atoms with Crippen LogP contribution in [0.5, 0.6) is 0 Å². The lowest BCUT2D eigenvalue weighted by Crippen LogP contribution is -2.46. The normalized spacial score (nSPS) is 39.9. The van der Waals surface area contributed by atoms with Gasteiger partial charge < -0.3 is 9.47 Å². The first-order valence-electron chi connectivity index (χ1n) is 6.91. The standard InChI is InChI=1S/C14H24O2/c1-2-13(8-15-9-13)10-16-11-14-5-3-12(7-14)4-6-14/h12H,2-11H2,1H3. The Hall–Kier alpha value is -0.0800. The van der Waals surface area contributed by atoms with Crippen molar-refractivity contribution in [2.45, 2.75) is 45.4 Å². The minimum Gasteiger partial charge on any atom is -0.380 e. The maximum Gasteiger partial charge on any atom is 0.0566 e. The van der Waals surface area contributed by atoms with Crippen molar-refractivity contribution in [2.24, 2.45) is 16.7 Å². The fourth-order valence-corrected chi connectivity index (χ4v) is 3.78. The molecule has 2 bridgehead atoms. The van der Waals surface area contributed by atoms with E-state index in [1.54, 1.807) is 0 Å². The Morgan fingerprint density at radius 3 is 2.38 bits per heavy atom. The molecular weight excluding hydrogens is 200 g/mol. The van der Waals surface area contributed by atoms with Gasteiger partial charge in [0.2, 0.25) is 0 Å². The topological polar surface area (TPSA) is 18.5 Å². The fraction of sp³-hybridized carbons (Fsp3) is 1.00. The predicted octanol–water partition coefficient (Wildman–Crippen LogP) is 3.01. The van der Waals surface area contributed by atoms with Crippen LogP contribution in [0.1, 0.15) is 45.4 Å². The van der Waals surface area contributed by atoms with E-state index in [1.165, 1.54) is 38.5 Å². The molecule has 0 amide bonds. The molecule has 0 radical (unpaired) electrons. The van der Waals surface area contributed by atoms with Crippen LogP contribution in [0.2, 0.25) is 0 Å². The van der Waals surface area contributed by atoms with Crippen LogP contribution >= 0.6 is 0 Å². The van der Waals surface area contributed by atoms with Gasteiger partial charge in [-0.15, -0.1) is 0 Å². The van der Waals surface area contributed by atoms with E-state index >= 15 is 0 Å². The molecule has 0 aromatic carbocycles. The molecule has 3 aliphatic rings. The number of hydrogen-bond donors (Lipinski definition) is 0. The second-order valence-electron chi connectivity index (χ2n) is 6.49. The summed E-state index contributed by atoms with van der Waals surface area (Å²) in [5.41, 5.74) is 0.956. The van der Waals surface area contributed by atoms with Crippen molar-refractivity contribution in [1.29, 1.82) is 0 Å². The Balaban J connectivity index is 1.46. The molecule has 0 atom stereocenters. The summed E-state index contributed by atoms with van der Waals surface area (Å²) in [7, 11) is 0. The maximum atomic E-state index is 6.06. The van der Waals surface area contributed by atoms with E-state index < -0.39 is 0 Å². The Morgan fingerprint density at radius 2 is 1.94 bits per heavy atom. The molecule has 1 aliphatic heterocycles. The predicted molar refractivity (Wildman–Crippen MR) is 63.4 cm³/mol. The lowest BCUT2D eigenvalue weighted by Gasteiger charge is -2.41. The first-order valence-corrected chi connectivity index (χ1v) is 6.91. The zero-order chi connectivity index (χ0) is 11.1. The van der Waals surface area contributed by atoms with Gasteiger partial charge in [-0.05, 0) is 49.9 Å². The van der Waals surface area contributed by atoms with E-state index in [-0.39, 0.29) is 0 Å². The first kappa shape index (κ1) is 11.0. The van der Waals surface area contributed by atoms with Gasteiger partial charge in [0, 0.05) is 5.41 Å². The SMILES string of the molecule is CCC1(COCC23CCC(CC2)C3)COC1. The summed E-state index contributed by atoms with van der Waals surface area (Å²) in [6.07, 6.45) is 8.42. The van der Waals surface area contributed by atoms with Crippen molar-refractivity contribution in [2.75, 3.05) is 26.4 Å². The quantitative estimate of drug-likeness (QED) is 0.714. The molecule has 1 saturated heterocycles. The third-order valence-electron chi connectivity index (χ3n) is 5.27. The van der Waals surface area contributed by atoms with Crippen molar-refractivity contribution >= 4 is 0 Å². The molecule has 0 unspecified atom stereocenters. The van der Waals surface area contributed by atoms with Crippen LogP contribution in [0, 0.1) is 16.7 Å². The van der Waals surface area contributed by atoms with Crippen molar-refractivity contribution in [1.82, 2.24) is 0 Å². The van der Waals surface area contributed by atoms with E-state index in [1.807, 2.05) is 0 Å². The molecule has 2 nitrogen and oxygen atoms in total. The molecule has 92 valence electrons. The van der Waals surface area contributed by atoms with E-state index in [0.717, 1.165) is 32.3 Å². The molecule has 2 saturated carbocycles. The smallest absolute Gasteiger partial charge is 0.0566 e. The first-order chi connectivity index (χ1) is 7.76. The summed E-state index contributed by atoms with van der Waals surface area (Å²) in [4.78, 5) is 0. The van der Waals surface area contributed by atoms with E-state index in [4.69, 9.17) is 9.47 Å². The summed E-state index contributed by atoms with van der Waals surface area (Å²) in [5, 5.41) is 0. The van der Waals surface area contributed by atoms with Crippen LogP contribution in [-0.2, 0) is 9.47 Å². The third kappa shape index (κ3) is 1.80. The second kappa shape index (κ2) is 3.99. The van der Waals surface area contributed by atoms with Crippen molar-refractivity contribution < 1.29 is 9.47 Å². The number of ether oxygens (including phenoxy) is 2. The second-order valence-corrected chi connectivity index (χ2v) is 6.49. The van der Waals surface area contributed by atoms with Gasteiger partial charge in [-0.25, -0.2) is 0 Å². The van der Waals surface area contributed by atoms with Crippen LogP contribution in [-0.4, -0.2) is 26.4 Å². The average molecular weight is 224 g/mol. The summed E-state index contributed by atoms with van der Waals surface area (Å²) >= 11 is 0. The van der Waals surface area contributed by atoms with Crippen LogP contribution in [0.25, 0.3) is 0 Å². The minimum atomic E-state index is 0.368. The maximum absolute atomic E-state index is 6.06. The minimum absolute atomic E-state index is 0.368. The Labute approximate surface area is 98.7 Å². The molecule has 0 spiro atoms. The lowest BCUT2D eigenvalue weighted by molar-refractivity contribution is -0.156. The molecule has 0 aromatic heterocycles. The van der Waals surface area contributed by atoms with Gasteiger partial charge in [-0.3, -0.25) is 0 Å². The highest BCUT2D eigenvalue weighted by Crippen LogP contribution is 2.54. The summed E-state index contributed by atoms with van der Waals surface area (Å²) in [6, 6.07) is 0. The highest BCUT2D eigenvalue weighted by molar-refractivity contribution is 4.96. The van der Waals surface area contributed by atoms with E-state index in [2.05, 4.69) is 6.92 Å². The van der Waals surface area contributed by atoms with Crippen molar-refractivity contribution in [3.05, 3.63) is 0 Å². The Kier molecular flexibility index (Phi) is 2.75. The molecule has 0 N–H and O–H groups in total. The molecule has 16 heavy (non-hydrogen) atoms. The molecule has 2 heteroatoms. The Morgan fingerprint density at radius 1 is 1.19 bits per heavy atom. The zero-order valence-corrected chi connectivity index (χ0v) is 10.5. The highest BCUT2D eigenvalue weighted by atomic mass is 16.5. The average Bonchev–Trinajstić information content (AvgIpc) is 2.82. The van der Waals surface area contributed by atoms with E-state index in [9.17, 15) is 0 Å². The summed E-state index contributed by atoms with van der Waals surface area (Å²) in [5.74, 6) is 1.04. The Bertz CT molecular complexity index is 244. The largest absolute Gasteiger partial charge is 0.380 e. The van der Waals surface area contributed by atoms with Crippen LogP contribution in [0.3, 0.4) is 0 Å². The van der Waals surface area contributed by atoms with Crippen molar-refractivity contribution in [3.63, 3.8) is 0 Å². The summed E-state index contributed by atoms with van der Waals surface area (Å²) < 4.78 is 11.4. The lowest BCUT2D eigenvalue weighted by atomic mass is 9.83. The van der Waals surface area contributed by atoms with E-state index in [0.29, 0.717) is 10.8 Å². The van der Waals surface area contributed by atoms with Crippen LogP contribution in [0.4, 0.5) is 0 Å². The molecule has 0 aromatic rings. The fourth-order valence-electron chi connectivity index (χ4n) is 3.78. The molecule has 1 heterocycles. The number of hydrogen-bond acceptors (Lipinski definition) is 2. The van der Waals surface area contributed by atoms with Crippen molar-refractivity contribution in [3.8, 4) is 0 Å². The summed E-state index contributed by atoms with van der Waals surface area (Å²) in [6.45, 7) is 6.03. The monoisotopic (exact) mass is 224 g/mol. The third-order valence-corrected chi connectivity index (χ3v) is 5.27. The van der Waals surface area contributed by atoms with Crippen LogP contribution < -0.4 is 0 Å². The number of fused-ring (bicyclic) bond motifs is 2. The van der Waals surface area contributed by atoms with Gasteiger partial charge in [-0.2, -0.15) is 0 Å². The van der Waals surface area contributed by atoms with Gasteiger partial charge in [-0.1, -0.05) is 6.92 Å². The van der Waals surface area contributed by atoms with Gasteiger partial charge >= 0.3 is 0 Å². The molecular formula is C14H24O2. The van der Waals surface area contributed by atoms with Gasteiger partial charge in [0.15, 0.2) is 0 Å². The van der Waals surface area contributed by atoms with Gasteiger partial charge in [0.25, 0.3) is 0 Å². The van der Waals surface area contributed by atoms with Gasteiger partial charge in [0.05, 0.1) is 26.4 Å². The molecule has 3 rings (SSSR count). The highest BCUT2D eigenvalue weighted by Gasteiger charge is 2.45. The van der Waals surface area contributed by atoms with Crippen LogP contribution in [0.15, 0.2) is 0 Å². The molecule has 3 fully saturated rings. The zero-order valence-electron chi connectivity index (χ0n) is 10.5. The molecule has 2 aliphatic carbocycles. The van der Waals surface area contributed by atoms with Gasteiger partial charge in [0.1, 0.15) is 0 Å².